The highest BCUT2D eigenvalue weighted by Gasteiger charge is 2.25. The summed E-state index contributed by atoms with van der Waals surface area (Å²) in [6, 6.07) is 49.1. The van der Waals surface area contributed by atoms with Crippen LogP contribution in [0, 0.1) is 0 Å². The smallest absolute Gasteiger partial charge is 0.307 e. The minimum Gasteiger partial charge on any atom is -0.456 e. The van der Waals surface area contributed by atoms with E-state index in [0.717, 1.165) is 72.3 Å². The summed E-state index contributed by atoms with van der Waals surface area (Å²) in [5.41, 5.74) is 9.05. The van der Waals surface area contributed by atoms with Crippen LogP contribution < -0.4 is 4.57 Å². The molecular formula is C41H26N5O+. The Bertz CT molecular complexity index is 2560. The van der Waals surface area contributed by atoms with Gasteiger partial charge < -0.3 is 4.42 Å². The lowest BCUT2D eigenvalue weighted by molar-refractivity contribution is -0.588. The van der Waals surface area contributed by atoms with Gasteiger partial charge in [0.25, 0.3) is 5.82 Å². The molecule has 0 saturated carbocycles. The molecule has 0 N–H and O–H groups in total. The van der Waals surface area contributed by atoms with E-state index in [1.54, 1.807) is 6.20 Å². The Morgan fingerprint density at radius 2 is 1.19 bits per heavy atom. The zero-order valence-corrected chi connectivity index (χ0v) is 25.2. The first-order valence-electron chi connectivity index (χ1n) is 15.5. The molecule has 4 aromatic heterocycles. The van der Waals surface area contributed by atoms with Crippen LogP contribution in [0.3, 0.4) is 0 Å². The zero-order chi connectivity index (χ0) is 31.2. The monoisotopic (exact) mass is 604 g/mol. The molecule has 0 bridgehead atoms. The van der Waals surface area contributed by atoms with E-state index in [0.29, 0.717) is 11.5 Å². The lowest BCUT2D eigenvalue weighted by Gasteiger charge is -2.11. The molecule has 0 spiro atoms. The number of furan rings is 1. The predicted octanol–water partition coefficient (Wildman–Crippen LogP) is 9.26. The largest absolute Gasteiger partial charge is 0.456 e. The molecule has 0 saturated heterocycles. The summed E-state index contributed by atoms with van der Waals surface area (Å²) >= 11 is 0. The number of hydrogen-bond acceptors (Lipinski definition) is 5. The number of rotatable bonds is 5. The second kappa shape index (κ2) is 11.1. The Labute approximate surface area is 270 Å². The second-order valence-electron chi connectivity index (χ2n) is 11.3. The van der Waals surface area contributed by atoms with E-state index in [1.165, 1.54) is 0 Å². The first-order valence-corrected chi connectivity index (χ1v) is 15.5. The second-order valence-corrected chi connectivity index (χ2v) is 11.3. The average Bonchev–Trinajstić information content (AvgIpc) is 3.55. The van der Waals surface area contributed by atoms with Crippen LogP contribution >= 0.6 is 0 Å². The van der Waals surface area contributed by atoms with Gasteiger partial charge in [0.15, 0.2) is 5.65 Å². The van der Waals surface area contributed by atoms with Crippen LogP contribution in [0.4, 0.5) is 0 Å². The lowest BCUT2D eigenvalue weighted by atomic mass is 9.97. The highest BCUT2D eigenvalue weighted by Crippen LogP contribution is 2.40. The Hall–Kier alpha value is -6.53. The fraction of sp³-hybridized carbons (Fsp3) is 0. The summed E-state index contributed by atoms with van der Waals surface area (Å²) in [6.07, 6.45) is 3.65. The van der Waals surface area contributed by atoms with Crippen LogP contribution in [0.1, 0.15) is 0 Å². The Morgan fingerprint density at radius 3 is 1.96 bits per heavy atom. The molecule has 0 unspecified atom stereocenters. The van der Waals surface area contributed by atoms with Crippen LogP contribution in [0.2, 0.25) is 0 Å². The van der Waals surface area contributed by atoms with Gasteiger partial charge in [0.2, 0.25) is 6.33 Å². The maximum absolute atomic E-state index is 6.52. The molecule has 0 fully saturated rings. The van der Waals surface area contributed by atoms with Crippen molar-refractivity contribution < 1.29 is 8.98 Å². The van der Waals surface area contributed by atoms with Gasteiger partial charge in [-0.2, -0.15) is 4.57 Å². The normalized spacial score (nSPS) is 11.4. The standard InChI is InChI=1S/C41H26N5O/c1-4-13-27(14-5-1)32-25-33(44-40-30(32)20-12-24-42-40)31-19-10-22-35-37(31)38-34(21-11-23-36(38)47-35)46-26-43-39(28-15-6-2-7-16-28)45-41(46)29-17-8-3-9-18-29/h1-26H/q+1. The van der Waals surface area contributed by atoms with Crippen molar-refractivity contribution in [3.05, 3.63) is 158 Å². The molecule has 0 atom stereocenters. The fourth-order valence-electron chi connectivity index (χ4n) is 6.36. The Kier molecular flexibility index (Phi) is 6.35. The number of aromatic nitrogens is 5. The number of hydrogen-bond donors (Lipinski definition) is 0. The predicted molar refractivity (Wildman–Crippen MR) is 186 cm³/mol. The molecule has 47 heavy (non-hydrogen) atoms. The molecule has 6 nitrogen and oxygen atoms in total. The van der Waals surface area contributed by atoms with Gasteiger partial charge in [-0.25, -0.2) is 9.97 Å². The van der Waals surface area contributed by atoms with E-state index >= 15 is 0 Å². The highest BCUT2D eigenvalue weighted by atomic mass is 16.3. The summed E-state index contributed by atoms with van der Waals surface area (Å²) < 4.78 is 8.58. The Balaban J connectivity index is 1.32. The molecule has 9 rings (SSSR count). The first-order chi connectivity index (χ1) is 23.3. The van der Waals surface area contributed by atoms with E-state index in [-0.39, 0.29) is 0 Å². The van der Waals surface area contributed by atoms with Crippen molar-refractivity contribution in [2.75, 3.05) is 0 Å². The molecule has 0 radical (unpaired) electrons. The lowest BCUT2D eigenvalue weighted by Crippen LogP contribution is -2.35. The quantitative estimate of drug-likeness (QED) is 0.183. The van der Waals surface area contributed by atoms with Crippen LogP contribution in [0.25, 0.3) is 83.8 Å². The van der Waals surface area contributed by atoms with E-state index in [9.17, 15) is 0 Å². The summed E-state index contributed by atoms with van der Waals surface area (Å²) in [7, 11) is 0. The SMILES string of the molecule is c1ccc(-c2nc[n+](-c3cccc4oc5cccc(-c6cc(-c7ccccc7)c7cccnc7n6)c5c34)c(-c3ccccc3)n2)cc1. The number of nitrogens with zero attached hydrogens (tertiary/aromatic N) is 5. The number of fused-ring (bicyclic) bond motifs is 4. The van der Waals surface area contributed by atoms with Crippen molar-refractivity contribution in [3.8, 4) is 50.8 Å². The fourth-order valence-corrected chi connectivity index (χ4v) is 6.36. The van der Waals surface area contributed by atoms with Gasteiger partial charge in [0.05, 0.1) is 22.2 Å². The van der Waals surface area contributed by atoms with E-state index in [2.05, 4.69) is 70.2 Å². The number of pyridine rings is 2. The third-order valence-electron chi connectivity index (χ3n) is 8.50. The zero-order valence-electron chi connectivity index (χ0n) is 25.2. The third-order valence-corrected chi connectivity index (χ3v) is 8.50. The van der Waals surface area contributed by atoms with Crippen molar-refractivity contribution in [1.82, 2.24) is 19.9 Å². The van der Waals surface area contributed by atoms with E-state index in [4.69, 9.17) is 19.4 Å². The van der Waals surface area contributed by atoms with Crippen LogP contribution in [-0.4, -0.2) is 19.9 Å². The van der Waals surface area contributed by atoms with Gasteiger partial charge in [-0.3, -0.25) is 0 Å². The maximum atomic E-state index is 6.52. The maximum Gasteiger partial charge on any atom is 0.307 e. The summed E-state index contributed by atoms with van der Waals surface area (Å²) in [5.74, 6) is 1.44. The van der Waals surface area contributed by atoms with Crippen molar-refractivity contribution in [3.63, 3.8) is 0 Å². The van der Waals surface area contributed by atoms with E-state index in [1.807, 2.05) is 91.3 Å². The minimum atomic E-state index is 0.659. The van der Waals surface area contributed by atoms with E-state index < -0.39 is 0 Å². The van der Waals surface area contributed by atoms with Crippen LogP contribution in [0.15, 0.2) is 163 Å². The molecule has 0 aliphatic rings. The topological polar surface area (TPSA) is 68.6 Å². The molecule has 6 heteroatoms. The first kappa shape index (κ1) is 26.8. The summed E-state index contributed by atoms with van der Waals surface area (Å²) in [5, 5.41) is 2.94. The van der Waals surface area contributed by atoms with Gasteiger partial charge >= 0.3 is 5.82 Å². The van der Waals surface area contributed by atoms with Crippen molar-refractivity contribution in [2.45, 2.75) is 0 Å². The van der Waals surface area contributed by atoms with Crippen LogP contribution in [-0.2, 0) is 0 Å². The van der Waals surface area contributed by atoms with Crippen LogP contribution in [0.5, 0.6) is 0 Å². The molecule has 0 aliphatic heterocycles. The molecule has 5 aromatic carbocycles. The van der Waals surface area contributed by atoms with Gasteiger partial charge in [-0.15, -0.1) is 0 Å². The molecular weight excluding hydrogens is 578 g/mol. The third kappa shape index (κ3) is 4.62. The number of benzene rings is 5. The van der Waals surface area contributed by atoms with Crippen molar-refractivity contribution in [2.24, 2.45) is 0 Å². The van der Waals surface area contributed by atoms with Gasteiger partial charge in [-0.1, -0.05) is 94.9 Å². The summed E-state index contributed by atoms with van der Waals surface area (Å²) in [4.78, 5) is 19.7. The van der Waals surface area contributed by atoms with Gasteiger partial charge in [0, 0.05) is 22.5 Å². The Morgan fingerprint density at radius 1 is 0.511 bits per heavy atom. The molecule has 0 aliphatic carbocycles. The molecule has 4 heterocycles. The molecule has 0 amide bonds. The van der Waals surface area contributed by atoms with Gasteiger partial charge in [0.1, 0.15) is 16.9 Å². The average molecular weight is 605 g/mol. The molecule has 9 aromatic rings. The highest BCUT2D eigenvalue weighted by molar-refractivity contribution is 6.15. The molecule has 220 valence electrons. The van der Waals surface area contributed by atoms with Gasteiger partial charge in [-0.05, 0) is 71.8 Å². The summed E-state index contributed by atoms with van der Waals surface area (Å²) in [6.45, 7) is 0. The van der Waals surface area contributed by atoms with Crippen molar-refractivity contribution in [1.29, 1.82) is 0 Å². The minimum absolute atomic E-state index is 0.659. The van der Waals surface area contributed by atoms with Crippen molar-refractivity contribution >= 4 is 33.0 Å².